The number of carbonyl (C=O) groups is 2. The predicted molar refractivity (Wildman–Crippen MR) is 65.0 cm³/mol. The molecule has 4 heteroatoms. The first-order valence-corrected chi connectivity index (χ1v) is 5.91. The van der Waals surface area contributed by atoms with Crippen LogP contribution in [0.5, 0.6) is 0 Å². The molecule has 0 heterocycles. The molecule has 96 valence electrons. The summed E-state index contributed by atoms with van der Waals surface area (Å²) in [4.78, 5) is 22.2. The fourth-order valence-electron chi connectivity index (χ4n) is 1.17. The van der Waals surface area contributed by atoms with Gasteiger partial charge in [0.15, 0.2) is 0 Å². The van der Waals surface area contributed by atoms with Gasteiger partial charge in [0.1, 0.15) is 6.04 Å². The quantitative estimate of drug-likeness (QED) is 0.737. The van der Waals surface area contributed by atoms with Crippen molar-refractivity contribution in [3.05, 3.63) is 0 Å². The van der Waals surface area contributed by atoms with Gasteiger partial charge in [0.05, 0.1) is 6.61 Å². The maximum Gasteiger partial charge on any atom is 0.328 e. The Morgan fingerprint density at radius 1 is 1.25 bits per heavy atom. The summed E-state index contributed by atoms with van der Waals surface area (Å²) in [6.45, 7) is 11.5. The summed E-state index contributed by atoms with van der Waals surface area (Å²) in [5, 5.41) is 2.58. The average Bonchev–Trinajstić information content (AvgIpc) is 2.19. The lowest BCUT2D eigenvalue weighted by Gasteiger charge is -2.17. The monoisotopic (exact) mass is 231 g/mol. The van der Waals surface area contributed by atoms with E-state index in [9.17, 15) is 9.59 Å². The molecule has 1 unspecified atom stereocenters. The van der Waals surface area contributed by atoms with E-state index in [1.165, 1.54) is 6.92 Å². The van der Waals surface area contributed by atoms with Gasteiger partial charge in [-0.2, -0.15) is 0 Å². The smallest absolute Gasteiger partial charge is 0.328 e. The fourth-order valence-corrected chi connectivity index (χ4v) is 1.17. The van der Waals surface area contributed by atoms with Crippen LogP contribution in [0.1, 0.15) is 48.0 Å². The maximum atomic E-state index is 11.4. The van der Waals surface area contributed by atoms with Crippen LogP contribution >= 0.6 is 0 Å². The van der Waals surface area contributed by atoms with E-state index < -0.39 is 6.04 Å². The summed E-state index contributed by atoms with van der Waals surface area (Å²) < 4.78 is 4.85. The predicted octanol–water partition coefficient (Wildman–Crippen LogP) is 2.13. The highest BCUT2D eigenvalue weighted by atomic mass is 16.5. The zero-order chi connectivity index (χ0) is 13.1. The Morgan fingerprint density at radius 2 is 1.75 bits per heavy atom. The van der Waals surface area contributed by atoms with Crippen LogP contribution in [-0.2, 0) is 14.3 Å². The van der Waals surface area contributed by atoms with Crippen LogP contribution in [-0.4, -0.2) is 24.5 Å². The third-order valence-electron chi connectivity index (χ3n) is 1.66. The minimum Gasteiger partial charge on any atom is -0.464 e. The Bertz CT molecular complexity index is 202. The molecule has 4 nitrogen and oxygen atoms in total. The number of carbonyl (C=O) groups excluding carboxylic acids is 2. The minimum absolute atomic E-state index is 0.205. The van der Waals surface area contributed by atoms with Gasteiger partial charge in [-0.25, -0.2) is 4.79 Å². The van der Waals surface area contributed by atoms with Crippen molar-refractivity contribution in [2.45, 2.75) is 54.0 Å². The summed E-state index contributed by atoms with van der Waals surface area (Å²) in [5.74, 6) is -0.212. The molecule has 0 bridgehead atoms. The fraction of sp³-hybridized carbons (Fsp3) is 0.833. The molecule has 0 aromatic carbocycles. The van der Waals surface area contributed by atoms with Gasteiger partial charge in [0, 0.05) is 6.92 Å². The average molecular weight is 231 g/mol. The van der Waals surface area contributed by atoms with Gasteiger partial charge in [-0.15, -0.1) is 0 Å². The first-order chi connectivity index (χ1) is 7.47. The van der Waals surface area contributed by atoms with Crippen LogP contribution in [0, 0.1) is 5.92 Å². The molecule has 0 aliphatic rings. The highest BCUT2D eigenvalue weighted by Gasteiger charge is 2.21. The molecule has 1 atom stereocenters. The Labute approximate surface area is 98.7 Å². The second kappa shape index (κ2) is 10.5. The summed E-state index contributed by atoms with van der Waals surface area (Å²) in [6, 6.07) is -0.507. The van der Waals surface area contributed by atoms with E-state index in [-0.39, 0.29) is 11.9 Å². The van der Waals surface area contributed by atoms with Gasteiger partial charge in [0.2, 0.25) is 5.91 Å². The molecule has 0 aliphatic heterocycles. The van der Waals surface area contributed by atoms with Crippen molar-refractivity contribution in [1.82, 2.24) is 5.32 Å². The van der Waals surface area contributed by atoms with Crippen LogP contribution < -0.4 is 5.32 Å². The number of nitrogens with one attached hydrogen (secondary N) is 1. The van der Waals surface area contributed by atoms with Crippen LogP contribution in [0.2, 0.25) is 0 Å². The molecule has 0 radical (unpaired) electrons. The summed E-state index contributed by atoms with van der Waals surface area (Å²) in [6.07, 6.45) is 0.610. The number of hydrogen-bond acceptors (Lipinski definition) is 3. The number of hydrogen-bond donors (Lipinski definition) is 1. The van der Waals surface area contributed by atoms with Crippen molar-refractivity contribution in [2.24, 2.45) is 5.92 Å². The highest BCUT2D eigenvalue weighted by molar-refractivity contribution is 5.83. The maximum absolute atomic E-state index is 11.4. The van der Waals surface area contributed by atoms with E-state index in [1.807, 2.05) is 27.7 Å². The first-order valence-electron chi connectivity index (χ1n) is 5.91. The second-order valence-corrected chi connectivity index (χ2v) is 3.63. The first kappa shape index (κ1) is 17.3. The van der Waals surface area contributed by atoms with Crippen molar-refractivity contribution in [1.29, 1.82) is 0 Å². The molecule has 0 aromatic rings. The number of esters is 1. The van der Waals surface area contributed by atoms with E-state index in [0.717, 1.165) is 0 Å². The Kier molecular flexibility index (Phi) is 11.3. The van der Waals surface area contributed by atoms with Crippen molar-refractivity contribution in [2.75, 3.05) is 6.61 Å². The Balaban J connectivity index is 0. The van der Waals surface area contributed by atoms with Crippen molar-refractivity contribution in [3.63, 3.8) is 0 Å². The van der Waals surface area contributed by atoms with Crippen molar-refractivity contribution in [3.8, 4) is 0 Å². The van der Waals surface area contributed by atoms with Crippen LogP contribution in [0.25, 0.3) is 0 Å². The minimum atomic E-state index is -0.507. The van der Waals surface area contributed by atoms with Gasteiger partial charge in [-0.05, 0) is 19.3 Å². The molecule has 1 N–H and O–H groups in total. The van der Waals surface area contributed by atoms with E-state index in [2.05, 4.69) is 5.32 Å². The lowest BCUT2D eigenvalue weighted by atomic mass is 10.0. The zero-order valence-electron chi connectivity index (χ0n) is 11.3. The molecule has 16 heavy (non-hydrogen) atoms. The van der Waals surface area contributed by atoms with E-state index >= 15 is 0 Å². The summed E-state index contributed by atoms with van der Waals surface area (Å²) in [7, 11) is 0. The van der Waals surface area contributed by atoms with E-state index in [4.69, 9.17) is 4.74 Å². The third kappa shape index (κ3) is 9.49. The van der Waals surface area contributed by atoms with Gasteiger partial charge < -0.3 is 10.1 Å². The largest absolute Gasteiger partial charge is 0.464 e. The third-order valence-corrected chi connectivity index (χ3v) is 1.66. The summed E-state index contributed by atoms with van der Waals surface area (Å²) in [5.41, 5.74) is 0. The van der Waals surface area contributed by atoms with Crippen molar-refractivity contribution >= 4 is 11.9 Å². The van der Waals surface area contributed by atoms with Crippen LogP contribution in [0.15, 0.2) is 0 Å². The molecule has 0 saturated carbocycles. The summed E-state index contributed by atoms with van der Waals surface area (Å²) >= 11 is 0. The van der Waals surface area contributed by atoms with E-state index in [1.54, 1.807) is 6.92 Å². The van der Waals surface area contributed by atoms with Gasteiger partial charge in [0.25, 0.3) is 0 Å². The lowest BCUT2D eigenvalue weighted by Crippen LogP contribution is -2.41. The van der Waals surface area contributed by atoms with Crippen molar-refractivity contribution < 1.29 is 14.3 Å². The number of ether oxygens (including phenoxy) is 1. The van der Waals surface area contributed by atoms with Crippen LogP contribution in [0.3, 0.4) is 0 Å². The number of amides is 1. The lowest BCUT2D eigenvalue weighted by molar-refractivity contribution is -0.147. The molecular formula is C12H25NO3. The molecule has 0 fully saturated rings. The SMILES string of the molecule is CC.CCOC(=O)C(CC(C)C)NC(C)=O. The molecule has 0 spiro atoms. The topological polar surface area (TPSA) is 55.4 Å². The standard InChI is InChI=1S/C10H19NO3.C2H6/c1-5-14-10(13)9(6-7(2)3)11-8(4)12;1-2/h7,9H,5-6H2,1-4H3,(H,11,12);1-2H3. The number of rotatable bonds is 5. The second-order valence-electron chi connectivity index (χ2n) is 3.63. The van der Waals surface area contributed by atoms with E-state index in [0.29, 0.717) is 18.9 Å². The molecule has 1 amide bonds. The molecular weight excluding hydrogens is 206 g/mol. The molecule has 0 rings (SSSR count). The normalized spacial score (nSPS) is 11.2. The Morgan fingerprint density at radius 3 is 2.06 bits per heavy atom. The molecule has 0 aliphatic carbocycles. The van der Waals surface area contributed by atoms with Crippen LogP contribution in [0.4, 0.5) is 0 Å². The van der Waals surface area contributed by atoms with Gasteiger partial charge >= 0.3 is 5.97 Å². The Hall–Kier alpha value is -1.06. The zero-order valence-corrected chi connectivity index (χ0v) is 11.3. The van der Waals surface area contributed by atoms with Gasteiger partial charge in [-0.1, -0.05) is 27.7 Å². The molecule has 0 aromatic heterocycles. The highest BCUT2D eigenvalue weighted by Crippen LogP contribution is 2.06. The van der Waals surface area contributed by atoms with Gasteiger partial charge in [-0.3, -0.25) is 4.79 Å². The molecule has 0 saturated heterocycles.